The Labute approximate surface area is 160 Å². The zero-order valence-electron chi connectivity index (χ0n) is 15.4. The first-order valence-corrected chi connectivity index (χ1v) is 10.2. The van der Waals surface area contributed by atoms with Crippen LogP contribution in [0.4, 0.5) is 0 Å². The molecule has 0 N–H and O–H groups in total. The second-order valence-corrected chi connectivity index (χ2v) is 8.21. The molecule has 0 fully saturated rings. The summed E-state index contributed by atoms with van der Waals surface area (Å²) >= 11 is 1.77. The van der Waals surface area contributed by atoms with Gasteiger partial charge in [-0.3, -0.25) is 0 Å². The van der Waals surface area contributed by atoms with Crippen molar-refractivity contribution in [3.8, 4) is 22.5 Å². The molecule has 0 atom stereocenters. The van der Waals surface area contributed by atoms with E-state index in [4.69, 9.17) is 4.42 Å². The lowest BCUT2D eigenvalue weighted by Gasteiger charge is -2.07. The van der Waals surface area contributed by atoms with E-state index >= 15 is 0 Å². The van der Waals surface area contributed by atoms with Crippen molar-refractivity contribution in [2.24, 2.45) is 0 Å². The van der Waals surface area contributed by atoms with Crippen LogP contribution in [0.3, 0.4) is 0 Å². The molecule has 0 aromatic carbocycles. The van der Waals surface area contributed by atoms with E-state index < -0.39 is 0 Å². The van der Waals surface area contributed by atoms with E-state index in [1.54, 1.807) is 15.9 Å². The number of thiophene rings is 1. The Hall–Kier alpha value is -2.61. The van der Waals surface area contributed by atoms with Crippen LogP contribution in [-0.4, -0.2) is 29.8 Å². The molecule has 7 nitrogen and oxygen atoms in total. The second-order valence-electron chi connectivity index (χ2n) is 7.07. The van der Waals surface area contributed by atoms with Crippen LogP contribution < -0.4 is 0 Å². The molecule has 138 valence electrons. The summed E-state index contributed by atoms with van der Waals surface area (Å²) in [6, 6.07) is 4.18. The van der Waals surface area contributed by atoms with E-state index in [9.17, 15) is 0 Å². The summed E-state index contributed by atoms with van der Waals surface area (Å²) in [5.74, 6) is 1.82. The minimum Gasteiger partial charge on any atom is -0.413 e. The van der Waals surface area contributed by atoms with Crippen molar-refractivity contribution in [2.45, 2.75) is 52.4 Å². The molecule has 27 heavy (non-hydrogen) atoms. The Morgan fingerprint density at radius 3 is 2.67 bits per heavy atom. The SMILES string of the molecule is Cc1cc(C)n2nc(-c3nnc(-c4cc5c(s4)CCCCCC5)o3)nc2n1. The van der Waals surface area contributed by atoms with Crippen LogP contribution in [-0.2, 0) is 12.8 Å². The fourth-order valence-corrected chi connectivity index (χ4v) is 4.79. The highest BCUT2D eigenvalue weighted by Gasteiger charge is 2.20. The summed E-state index contributed by atoms with van der Waals surface area (Å²) < 4.78 is 7.62. The fourth-order valence-electron chi connectivity index (χ4n) is 3.62. The van der Waals surface area contributed by atoms with E-state index in [0.717, 1.165) is 29.1 Å². The van der Waals surface area contributed by atoms with Crippen LogP contribution in [0.5, 0.6) is 0 Å². The Morgan fingerprint density at radius 1 is 0.963 bits per heavy atom. The maximum absolute atomic E-state index is 5.92. The van der Waals surface area contributed by atoms with Gasteiger partial charge in [0.05, 0.1) is 4.88 Å². The van der Waals surface area contributed by atoms with Crippen LogP contribution >= 0.6 is 11.3 Å². The minimum absolute atomic E-state index is 0.327. The van der Waals surface area contributed by atoms with E-state index in [0.29, 0.717) is 23.4 Å². The van der Waals surface area contributed by atoms with Gasteiger partial charge in [-0.15, -0.1) is 26.6 Å². The van der Waals surface area contributed by atoms with Crippen molar-refractivity contribution in [3.05, 3.63) is 34.0 Å². The van der Waals surface area contributed by atoms with Crippen molar-refractivity contribution in [2.75, 3.05) is 0 Å². The molecule has 0 aliphatic heterocycles. The van der Waals surface area contributed by atoms with Gasteiger partial charge in [0.15, 0.2) is 0 Å². The first kappa shape index (κ1) is 16.6. The molecule has 5 rings (SSSR count). The molecular weight excluding hydrogens is 360 g/mol. The van der Waals surface area contributed by atoms with Gasteiger partial charge in [-0.05, 0) is 57.2 Å². The fraction of sp³-hybridized carbons (Fsp3) is 0.421. The van der Waals surface area contributed by atoms with Crippen LogP contribution in [0.2, 0.25) is 0 Å². The minimum atomic E-state index is 0.327. The number of hydrogen-bond acceptors (Lipinski definition) is 7. The van der Waals surface area contributed by atoms with Gasteiger partial charge >= 0.3 is 0 Å². The maximum atomic E-state index is 5.92. The van der Waals surface area contributed by atoms with Crippen molar-refractivity contribution >= 4 is 17.1 Å². The highest BCUT2D eigenvalue weighted by atomic mass is 32.1. The lowest BCUT2D eigenvalue weighted by atomic mass is 10.00. The van der Waals surface area contributed by atoms with Crippen LogP contribution in [0.15, 0.2) is 16.5 Å². The van der Waals surface area contributed by atoms with Gasteiger partial charge in [-0.1, -0.05) is 12.8 Å². The third kappa shape index (κ3) is 3.03. The lowest BCUT2D eigenvalue weighted by molar-refractivity contribution is 0.580. The van der Waals surface area contributed by atoms with Gasteiger partial charge in [0.2, 0.25) is 5.82 Å². The molecule has 4 aromatic heterocycles. The third-order valence-electron chi connectivity index (χ3n) is 4.94. The topological polar surface area (TPSA) is 82.0 Å². The molecule has 4 aromatic rings. The van der Waals surface area contributed by atoms with Gasteiger partial charge in [0.1, 0.15) is 0 Å². The Bertz CT molecular complexity index is 1100. The van der Waals surface area contributed by atoms with E-state index in [1.165, 1.54) is 36.1 Å². The van der Waals surface area contributed by atoms with Crippen LogP contribution in [0.1, 0.15) is 47.5 Å². The largest absolute Gasteiger partial charge is 0.413 e. The van der Waals surface area contributed by atoms with Gasteiger partial charge in [0.25, 0.3) is 17.6 Å². The predicted molar refractivity (Wildman–Crippen MR) is 103 cm³/mol. The van der Waals surface area contributed by atoms with Gasteiger partial charge in [0, 0.05) is 16.3 Å². The van der Waals surface area contributed by atoms with Gasteiger partial charge < -0.3 is 4.42 Å². The Kier molecular flexibility index (Phi) is 4.00. The number of hydrogen-bond donors (Lipinski definition) is 0. The average molecular weight is 380 g/mol. The lowest BCUT2D eigenvalue weighted by Crippen LogP contribution is -1.97. The number of aromatic nitrogens is 6. The molecule has 1 aliphatic rings. The summed E-state index contributed by atoms with van der Waals surface area (Å²) in [5.41, 5.74) is 3.31. The molecule has 0 bridgehead atoms. The number of rotatable bonds is 2. The highest BCUT2D eigenvalue weighted by Crippen LogP contribution is 2.35. The Morgan fingerprint density at radius 2 is 1.78 bits per heavy atom. The van der Waals surface area contributed by atoms with E-state index in [1.807, 2.05) is 19.9 Å². The summed E-state index contributed by atoms with van der Waals surface area (Å²) in [6.07, 6.45) is 7.46. The average Bonchev–Trinajstić information content (AvgIpc) is 3.32. The summed E-state index contributed by atoms with van der Waals surface area (Å²) in [4.78, 5) is 11.4. The molecule has 8 heteroatoms. The van der Waals surface area contributed by atoms with E-state index in [2.05, 4.69) is 31.3 Å². The van der Waals surface area contributed by atoms with E-state index in [-0.39, 0.29) is 0 Å². The first-order valence-electron chi connectivity index (χ1n) is 9.34. The van der Waals surface area contributed by atoms with Crippen LogP contribution in [0.25, 0.3) is 28.3 Å². The molecule has 4 heterocycles. The molecular formula is C19H20N6OS. The predicted octanol–water partition coefficient (Wildman–Crippen LogP) is 4.18. The standard InChI is InChI=1S/C19H20N6OS/c1-11-9-12(2)25-19(20-11)21-16(24-25)18-23-22-17(26-18)15-10-13-7-5-3-4-6-8-14(13)27-15/h9-10H,3-8H2,1-2H3. The second kappa shape index (κ2) is 6.53. The van der Waals surface area contributed by atoms with Crippen molar-refractivity contribution < 1.29 is 4.42 Å². The number of aryl methyl sites for hydroxylation is 4. The van der Waals surface area contributed by atoms with Gasteiger partial charge in [-0.2, -0.15) is 4.98 Å². The highest BCUT2D eigenvalue weighted by molar-refractivity contribution is 7.15. The first-order chi connectivity index (χ1) is 13.2. The molecule has 0 saturated heterocycles. The summed E-state index contributed by atoms with van der Waals surface area (Å²) in [5, 5.41) is 12.9. The zero-order chi connectivity index (χ0) is 18.4. The van der Waals surface area contributed by atoms with Crippen molar-refractivity contribution in [1.29, 1.82) is 0 Å². The van der Waals surface area contributed by atoms with Crippen LogP contribution in [0, 0.1) is 13.8 Å². The molecule has 0 spiro atoms. The zero-order valence-corrected chi connectivity index (χ0v) is 16.2. The summed E-state index contributed by atoms with van der Waals surface area (Å²) in [6.45, 7) is 3.91. The van der Waals surface area contributed by atoms with Crippen molar-refractivity contribution in [1.82, 2.24) is 29.8 Å². The third-order valence-corrected chi connectivity index (χ3v) is 6.17. The quantitative estimate of drug-likeness (QED) is 0.519. The summed E-state index contributed by atoms with van der Waals surface area (Å²) in [7, 11) is 0. The maximum Gasteiger partial charge on any atom is 0.288 e. The number of fused-ring (bicyclic) bond motifs is 2. The molecule has 0 amide bonds. The Balaban J connectivity index is 1.50. The smallest absolute Gasteiger partial charge is 0.288 e. The number of nitrogens with zero attached hydrogens (tertiary/aromatic N) is 6. The monoisotopic (exact) mass is 380 g/mol. The van der Waals surface area contributed by atoms with Gasteiger partial charge in [-0.25, -0.2) is 9.50 Å². The molecule has 0 radical (unpaired) electrons. The molecule has 0 unspecified atom stereocenters. The molecule has 0 saturated carbocycles. The molecule has 1 aliphatic carbocycles. The van der Waals surface area contributed by atoms with Crippen molar-refractivity contribution in [3.63, 3.8) is 0 Å². The normalized spacial score (nSPS) is 14.9.